The van der Waals surface area contributed by atoms with Gasteiger partial charge in [-0.2, -0.15) is 5.10 Å². The molecule has 0 spiro atoms. The van der Waals surface area contributed by atoms with Crippen LogP contribution < -0.4 is 15.8 Å². The van der Waals surface area contributed by atoms with Gasteiger partial charge in [0.15, 0.2) is 17.5 Å². The first-order chi connectivity index (χ1) is 15.0. The maximum atomic E-state index is 13.1. The third-order valence-corrected chi connectivity index (χ3v) is 5.31. The van der Waals surface area contributed by atoms with E-state index in [1.54, 1.807) is 30.5 Å². The highest BCUT2D eigenvalue weighted by molar-refractivity contribution is 6.04. The highest BCUT2D eigenvalue weighted by Gasteiger charge is 2.23. The summed E-state index contributed by atoms with van der Waals surface area (Å²) in [5.74, 6) is 0.475. The van der Waals surface area contributed by atoms with Gasteiger partial charge < -0.3 is 14.6 Å². The van der Waals surface area contributed by atoms with Gasteiger partial charge in [0, 0.05) is 5.39 Å². The van der Waals surface area contributed by atoms with Crippen LogP contribution >= 0.6 is 0 Å². The van der Waals surface area contributed by atoms with E-state index >= 15 is 0 Å². The second-order valence-electron chi connectivity index (χ2n) is 7.70. The number of hydrogen-bond acceptors (Lipinski definition) is 4. The van der Waals surface area contributed by atoms with E-state index in [-0.39, 0.29) is 23.2 Å². The predicted octanol–water partition coefficient (Wildman–Crippen LogP) is 1.65. The molecule has 0 saturated carbocycles. The number of hydrogen-bond donors (Lipinski definition) is 2. The molecule has 2 heterocycles. The molecule has 0 fully saturated rings. The van der Waals surface area contributed by atoms with Crippen molar-refractivity contribution in [3.05, 3.63) is 100 Å². The number of quaternary nitrogens is 1. The average molecular weight is 417 g/mol. The molecule has 2 aromatic carbocycles. The molecule has 31 heavy (non-hydrogen) atoms. The summed E-state index contributed by atoms with van der Waals surface area (Å²) in [6.07, 6.45) is 1.63. The number of carbonyl (C=O) groups excluding carboxylic acids is 1. The lowest BCUT2D eigenvalue weighted by atomic mass is 10.1. The van der Waals surface area contributed by atoms with Gasteiger partial charge in [-0.1, -0.05) is 48.5 Å². The fraction of sp³-hybridized carbons (Fsp3) is 0.208. The summed E-state index contributed by atoms with van der Waals surface area (Å²) in [5, 5.41) is 8.43. The van der Waals surface area contributed by atoms with E-state index in [0.29, 0.717) is 23.9 Å². The minimum absolute atomic E-state index is 0.0413. The number of nitrogens with zero attached hydrogens (tertiary/aromatic N) is 2. The first-order valence-electron chi connectivity index (χ1n) is 10.2. The zero-order valence-corrected chi connectivity index (χ0v) is 17.5. The summed E-state index contributed by atoms with van der Waals surface area (Å²) < 4.78 is 6.89. The molecule has 4 aromatic rings. The van der Waals surface area contributed by atoms with Gasteiger partial charge in [0.25, 0.3) is 11.5 Å². The minimum atomic E-state index is -0.323. The Hall–Kier alpha value is -3.71. The largest absolute Gasteiger partial charge is 0.463 e. The van der Waals surface area contributed by atoms with Crippen LogP contribution in [0.15, 0.2) is 82.2 Å². The van der Waals surface area contributed by atoms with Gasteiger partial charge in [0.2, 0.25) is 0 Å². The monoisotopic (exact) mass is 417 g/mol. The summed E-state index contributed by atoms with van der Waals surface area (Å²) in [5.41, 5.74) is 0.952. The number of benzene rings is 2. The predicted molar refractivity (Wildman–Crippen MR) is 118 cm³/mol. The van der Waals surface area contributed by atoms with E-state index < -0.39 is 0 Å². The highest BCUT2D eigenvalue weighted by Crippen LogP contribution is 2.15. The van der Waals surface area contributed by atoms with Crippen LogP contribution in [0, 0.1) is 0 Å². The van der Waals surface area contributed by atoms with E-state index in [1.165, 1.54) is 4.68 Å². The van der Waals surface area contributed by atoms with Crippen molar-refractivity contribution in [3.63, 3.8) is 0 Å². The molecular weight excluding hydrogens is 392 g/mol. The second-order valence-corrected chi connectivity index (χ2v) is 7.70. The maximum absolute atomic E-state index is 13.1. The molecule has 7 nitrogen and oxygen atoms in total. The van der Waals surface area contributed by atoms with Crippen LogP contribution in [0.1, 0.15) is 27.9 Å². The first kappa shape index (κ1) is 20.6. The fourth-order valence-electron chi connectivity index (χ4n) is 3.62. The second kappa shape index (κ2) is 8.97. The number of aromatic nitrogens is 2. The third-order valence-electron chi connectivity index (χ3n) is 5.31. The van der Waals surface area contributed by atoms with Crippen LogP contribution in [0.25, 0.3) is 10.8 Å². The molecule has 2 aromatic heterocycles. The summed E-state index contributed by atoms with van der Waals surface area (Å²) >= 11 is 0. The van der Waals surface area contributed by atoms with E-state index in [0.717, 1.165) is 16.2 Å². The molecule has 0 saturated heterocycles. The maximum Gasteiger partial charge on any atom is 0.274 e. The minimum Gasteiger partial charge on any atom is -0.463 e. The molecule has 0 bridgehead atoms. The van der Waals surface area contributed by atoms with Gasteiger partial charge in [-0.3, -0.25) is 9.59 Å². The molecular formula is C24H25N4O3+. The van der Waals surface area contributed by atoms with Crippen molar-refractivity contribution in [1.82, 2.24) is 15.1 Å². The molecule has 0 aliphatic rings. The van der Waals surface area contributed by atoms with E-state index in [4.69, 9.17) is 4.42 Å². The van der Waals surface area contributed by atoms with Crippen molar-refractivity contribution in [2.45, 2.75) is 12.6 Å². The van der Waals surface area contributed by atoms with Gasteiger partial charge in [0.1, 0.15) is 0 Å². The number of rotatable bonds is 7. The Bertz CT molecular complexity index is 1230. The Labute approximate surface area is 179 Å². The van der Waals surface area contributed by atoms with E-state index in [9.17, 15) is 9.59 Å². The molecule has 0 aliphatic heterocycles. The number of amides is 1. The number of nitrogens with one attached hydrogen (secondary N) is 2. The quantitative estimate of drug-likeness (QED) is 0.479. The Kier molecular flexibility index (Phi) is 5.95. The van der Waals surface area contributed by atoms with Crippen molar-refractivity contribution in [1.29, 1.82) is 0 Å². The normalized spacial score (nSPS) is 12.2. The van der Waals surface area contributed by atoms with Crippen LogP contribution in [-0.4, -0.2) is 36.3 Å². The van der Waals surface area contributed by atoms with Crippen LogP contribution in [0.4, 0.5) is 0 Å². The van der Waals surface area contributed by atoms with Crippen molar-refractivity contribution in [2.75, 3.05) is 20.6 Å². The number of furan rings is 1. The van der Waals surface area contributed by atoms with Crippen LogP contribution in [-0.2, 0) is 6.54 Å². The number of likely N-dealkylation sites (N-methyl/N-ethyl adjacent to an activating group) is 1. The lowest BCUT2D eigenvalue weighted by molar-refractivity contribution is -0.891. The fourth-order valence-corrected chi connectivity index (χ4v) is 3.62. The summed E-state index contributed by atoms with van der Waals surface area (Å²) in [6.45, 7) is 0.671. The van der Waals surface area contributed by atoms with Crippen molar-refractivity contribution in [3.8, 4) is 0 Å². The highest BCUT2D eigenvalue weighted by atomic mass is 16.3. The molecule has 7 heteroatoms. The van der Waals surface area contributed by atoms with Crippen LogP contribution in [0.5, 0.6) is 0 Å². The number of fused-ring (bicyclic) bond motifs is 1. The Balaban J connectivity index is 1.66. The van der Waals surface area contributed by atoms with Crippen LogP contribution in [0.2, 0.25) is 0 Å². The standard InChI is InChI=1S/C24H24N4O3/c1-27(2)20(21-13-8-14-31-21)15-25-23(29)22-18-11-6-7-12-19(18)24(30)28(26-22)16-17-9-4-3-5-10-17/h3-14,20H,15-16H2,1-2H3,(H,25,29)/p+1/t20-/m0/s1. The Morgan fingerprint density at radius 1 is 1.03 bits per heavy atom. The van der Waals surface area contributed by atoms with Gasteiger partial charge in [-0.15, -0.1) is 0 Å². The van der Waals surface area contributed by atoms with E-state index in [2.05, 4.69) is 10.4 Å². The lowest BCUT2D eigenvalue weighted by Gasteiger charge is -2.20. The number of carbonyl (C=O) groups is 1. The van der Waals surface area contributed by atoms with E-state index in [1.807, 2.05) is 56.6 Å². The molecule has 2 N–H and O–H groups in total. The van der Waals surface area contributed by atoms with Gasteiger partial charge >= 0.3 is 0 Å². The molecule has 0 aliphatic carbocycles. The SMILES string of the molecule is C[NH+](C)[C@@H](CNC(=O)c1nn(Cc2ccccc2)c(=O)c2ccccc12)c1ccco1. The average Bonchev–Trinajstić information content (AvgIpc) is 3.31. The summed E-state index contributed by atoms with van der Waals surface area (Å²) in [7, 11) is 4.01. The molecule has 4 rings (SSSR count). The third kappa shape index (κ3) is 4.41. The Morgan fingerprint density at radius 2 is 1.74 bits per heavy atom. The lowest BCUT2D eigenvalue weighted by Crippen LogP contribution is -3.07. The van der Waals surface area contributed by atoms with Crippen molar-refractivity contribution < 1.29 is 14.1 Å². The molecule has 158 valence electrons. The van der Waals surface area contributed by atoms with Crippen molar-refractivity contribution in [2.24, 2.45) is 0 Å². The molecule has 0 radical (unpaired) electrons. The summed E-state index contributed by atoms with van der Waals surface area (Å²) in [4.78, 5) is 27.2. The smallest absolute Gasteiger partial charge is 0.274 e. The molecule has 1 amide bonds. The van der Waals surface area contributed by atoms with Gasteiger partial charge in [-0.05, 0) is 23.8 Å². The molecule has 1 atom stereocenters. The van der Waals surface area contributed by atoms with Crippen molar-refractivity contribution >= 4 is 16.7 Å². The van der Waals surface area contributed by atoms with Crippen LogP contribution in [0.3, 0.4) is 0 Å². The van der Waals surface area contributed by atoms with Gasteiger partial charge in [-0.25, -0.2) is 4.68 Å². The zero-order valence-electron chi connectivity index (χ0n) is 17.5. The zero-order chi connectivity index (χ0) is 21.8. The first-order valence-corrected chi connectivity index (χ1v) is 10.2. The van der Waals surface area contributed by atoms with Gasteiger partial charge in [0.05, 0.1) is 38.8 Å². The molecule has 0 unspecified atom stereocenters. The Morgan fingerprint density at radius 3 is 2.42 bits per heavy atom. The topological polar surface area (TPSA) is 81.6 Å². The summed E-state index contributed by atoms with van der Waals surface area (Å²) in [6, 6.07) is 20.4.